The number of carbonyl (C=O) groups excluding carboxylic acids is 1. The first-order valence-electron chi connectivity index (χ1n) is 5.37. The second-order valence-corrected chi connectivity index (χ2v) is 4.37. The van der Waals surface area contributed by atoms with Crippen LogP contribution in [-0.2, 0) is 0 Å². The van der Waals surface area contributed by atoms with Gasteiger partial charge in [0.1, 0.15) is 0 Å². The van der Waals surface area contributed by atoms with Gasteiger partial charge in [-0.05, 0) is 25.0 Å². The Balaban J connectivity index is 2.96. The van der Waals surface area contributed by atoms with Gasteiger partial charge in [0.05, 0.1) is 5.02 Å². The van der Waals surface area contributed by atoms with Crippen molar-refractivity contribution in [2.75, 3.05) is 0 Å². The third kappa shape index (κ3) is 2.82. The Morgan fingerprint density at radius 1 is 1.47 bits per heavy atom. The summed E-state index contributed by atoms with van der Waals surface area (Å²) in [6.07, 6.45) is 1.94. The minimum Gasteiger partial charge on any atom is -0.294 e. The van der Waals surface area contributed by atoms with E-state index in [0.717, 1.165) is 18.4 Å². The van der Waals surface area contributed by atoms with E-state index >= 15 is 0 Å². The second kappa shape index (κ2) is 5.32. The molecule has 1 nitrogen and oxygen atoms in total. The minimum atomic E-state index is 0.0642. The van der Waals surface area contributed by atoms with Crippen LogP contribution in [0.3, 0.4) is 0 Å². The lowest BCUT2D eigenvalue weighted by Crippen LogP contribution is -2.11. The Hall–Kier alpha value is -0.820. The van der Waals surface area contributed by atoms with Gasteiger partial charge in [-0.15, -0.1) is 0 Å². The molecule has 0 aliphatic rings. The van der Waals surface area contributed by atoms with Crippen LogP contribution in [0.2, 0.25) is 5.02 Å². The topological polar surface area (TPSA) is 17.1 Å². The van der Waals surface area contributed by atoms with E-state index in [1.807, 2.05) is 32.0 Å². The molecule has 0 heterocycles. The highest BCUT2D eigenvalue weighted by atomic mass is 35.5. The van der Waals surface area contributed by atoms with Crippen LogP contribution in [0.5, 0.6) is 0 Å². The van der Waals surface area contributed by atoms with Crippen LogP contribution in [0, 0.1) is 12.8 Å². The van der Waals surface area contributed by atoms with E-state index in [-0.39, 0.29) is 11.7 Å². The van der Waals surface area contributed by atoms with Gasteiger partial charge in [-0.25, -0.2) is 0 Å². The molecule has 82 valence electrons. The van der Waals surface area contributed by atoms with Gasteiger partial charge in [-0.3, -0.25) is 4.79 Å². The molecule has 1 unspecified atom stereocenters. The third-order valence-corrected chi connectivity index (χ3v) is 3.13. The summed E-state index contributed by atoms with van der Waals surface area (Å²) < 4.78 is 0. The van der Waals surface area contributed by atoms with Crippen molar-refractivity contribution < 1.29 is 4.79 Å². The van der Waals surface area contributed by atoms with Crippen LogP contribution in [0.25, 0.3) is 0 Å². The Morgan fingerprint density at radius 3 is 2.73 bits per heavy atom. The highest BCUT2D eigenvalue weighted by Crippen LogP contribution is 2.24. The Bertz CT molecular complexity index is 358. The van der Waals surface area contributed by atoms with E-state index in [4.69, 9.17) is 11.6 Å². The van der Waals surface area contributed by atoms with E-state index in [2.05, 4.69) is 6.92 Å². The van der Waals surface area contributed by atoms with Crippen LogP contribution >= 0.6 is 11.6 Å². The number of aryl methyl sites for hydroxylation is 1. The van der Waals surface area contributed by atoms with Gasteiger partial charge in [0.25, 0.3) is 0 Å². The molecule has 1 rings (SSSR count). The summed E-state index contributed by atoms with van der Waals surface area (Å²) in [5, 5.41) is 0.602. The van der Waals surface area contributed by atoms with Crippen LogP contribution in [0.1, 0.15) is 42.6 Å². The molecule has 15 heavy (non-hydrogen) atoms. The van der Waals surface area contributed by atoms with Gasteiger partial charge in [0.2, 0.25) is 0 Å². The van der Waals surface area contributed by atoms with Crippen LogP contribution in [0.15, 0.2) is 18.2 Å². The van der Waals surface area contributed by atoms with Crippen molar-refractivity contribution in [2.45, 2.75) is 33.6 Å². The zero-order valence-electron chi connectivity index (χ0n) is 9.51. The van der Waals surface area contributed by atoms with Gasteiger partial charge in [-0.2, -0.15) is 0 Å². The fourth-order valence-electron chi connectivity index (χ4n) is 1.67. The van der Waals surface area contributed by atoms with Gasteiger partial charge in [0.15, 0.2) is 5.78 Å². The summed E-state index contributed by atoms with van der Waals surface area (Å²) >= 11 is 6.11. The lowest BCUT2D eigenvalue weighted by Gasteiger charge is -2.11. The predicted molar refractivity (Wildman–Crippen MR) is 64.6 cm³/mol. The Kier molecular flexibility index (Phi) is 4.34. The molecule has 2 heteroatoms. The molecular formula is C13H17ClO. The van der Waals surface area contributed by atoms with Crippen molar-refractivity contribution in [1.82, 2.24) is 0 Å². The fourth-order valence-corrected chi connectivity index (χ4v) is 1.89. The first-order valence-corrected chi connectivity index (χ1v) is 5.75. The maximum absolute atomic E-state index is 12.0. The van der Waals surface area contributed by atoms with E-state index in [0.29, 0.717) is 10.6 Å². The summed E-state index contributed by atoms with van der Waals surface area (Å²) in [7, 11) is 0. The first kappa shape index (κ1) is 12.3. The van der Waals surface area contributed by atoms with Gasteiger partial charge in [0, 0.05) is 11.5 Å². The molecule has 0 fully saturated rings. The van der Waals surface area contributed by atoms with Crippen molar-refractivity contribution in [3.05, 3.63) is 34.3 Å². The van der Waals surface area contributed by atoms with E-state index in [1.165, 1.54) is 0 Å². The smallest absolute Gasteiger partial charge is 0.167 e. The predicted octanol–water partition coefficient (Wildman–Crippen LogP) is 4.27. The summed E-state index contributed by atoms with van der Waals surface area (Å²) in [6.45, 7) is 5.97. The molecular weight excluding hydrogens is 208 g/mol. The summed E-state index contributed by atoms with van der Waals surface area (Å²) in [5.74, 6) is 0.222. The molecule has 0 radical (unpaired) electrons. The number of hydrogen-bond acceptors (Lipinski definition) is 1. The van der Waals surface area contributed by atoms with E-state index < -0.39 is 0 Å². The van der Waals surface area contributed by atoms with E-state index in [9.17, 15) is 4.79 Å². The molecule has 0 spiro atoms. The number of Topliss-reactive ketones (excluding diaryl/α,β-unsaturated/α-hetero) is 1. The number of carbonyl (C=O) groups is 1. The van der Waals surface area contributed by atoms with Crippen LogP contribution < -0.4 is 0 Å². The molecule has 0 N–H and O–H groups in total. The lowest BCUT2D eigenvalue weighted by molar-refractivity contribution is 0.0923. The summed E-state index contributed by atoms with van der Waals surface area (Å²) in [6, 6.07) is 5.61. The standard InChI is InChI=1S/C13H17ClO/c1-4-6-10(3)13(15)11-8-5-7-9(2)12(11)14/h5,7-8,10H,4,6H2,1-3H3. The highest BCUT2D eigenvalue weighted by molar-refractivity contribution is 6.34. The van der Waals surface area contributed by atoms with Crippen molar-refractivity contribution in [1.29, 1.82) is 0 Å². The molecule has 0 saturated carbocycles. The molecule has 1 aromatic carbocycles. The molecule has 0 aromatic heterocycles. The average Bonchev–Trinajstić information content (AvgIpc) is 2.21. The number of halogens is 1. The fraction of sp³-hybridized carbons (Fsp3) is 0.462. The largest absolute Gasteiger partial charge is 0.294 e. The zero-order valence-corrected chi connectivity index (χ0v) is 10.3. The number of ketones is 1. The minimum absolute atomic E-state index is 0.0642. The molecule has 0 bridgehead atoms. The Morgan fingerprint density at radius 2 is 2.13 bits per heavy atom. The molecule has 0 aliphatic heterocycles. The van der Waals surface area contributed by atoms with Crippen molar-refractivity contribution in [3.8, 4) is 0 Å². The molecule has 1 aromatic rings. The molecule has 1 atom stereocenters. The zero-order chi connectivity index (χ0) is 11.4. The molecule has 0 aliphatic carbocycles. The summed E-state index contributed by atoms with van der Waals surface area (Å²) in [5.41, 5.74) is 1.63. The highest BCUT2D eigenvalue weighted by Gasteiger charge is 2.17. The quantitative estimate of drug-likeness (QED) is 0.699. The number of hydrogen-bond donors (Lipinski definition) is 0. The van der Waals surface area contributed by atoms with Gasteiger partial charge < -0.3 is 0 Å². The number of rotatable bonds is 4. The molecule has 0 saturated heterocycles. The monoisotopic (exact) mass is 224 g/mol. The van der Waals surface area contributed by atoms with Crippen molar-refractivity contribution in [2.24, 2.45) is 5.92 Å². The maximum Gasteiger partial charge on any atom is 0.167 e. The maximum atomic E-state index is 12.0. The lowest BCUT2D eigenvalue weighted by atomic mass is 9.94. The van der Waals surface area contributed by atoms with Gasteiger partial charge in [-0.1, -0.05) is 44.0 Å². The summed E-state index contributed by atoms with van der Waals surface area (Å²) in [4.78, 5) is 12.0. The first-order chi connectivity index (χ1) is 7.07. The third-order valence-electron chi connectivity index (χ3n) is 2.63. The molecule has 0 amide bonds. The normalized spacial score (nSPS) is 12.5. The van der Waals surface area contributed by atoms with E-state index in [1.54, 1.807) is 0 Å². The average molecular weight is 225 g/mol. The van der Waals surface area contributed by atoms with Crippen LogP contribution in [0.4, 0.5) is 0 Å². The number of benzene rings is 1. The second-order valence-electron chi connectivity index (χ2n) is 3.99. The van der Waals surface area contributed by atoms with Crippen LogP contribution in [-0.4, -0.2) is 5.78 Å². The van der Waals surface area contributed by atoms with Crippen molar-refractivity contribution in [3.63, 3.8) is 0 Å². The van der Waals surface area contributed by atoms with Crippen molar-refractivity contribution >= 4 is 17.4 Å². The Labute approximate surface area is 96.5 Å². The van der Waals surface area contributed by atoms with Gasteiger partial charge >= 0.3 is 0 Å². The SMILES string of the molecule is CCCC(C)C(=O)c1cccc(C)c1Cl.